The topological polar surface area (TPSA) is 63.4 Å². The summed E-state index contributed by atoms with van der Waals surface area (Å²) in [7, 11) is 0. The second-order valence-electron chi connectivity index (χ2n) is 6.91. The van der Waals surface area contributed by atoms with Gasteiger partial charge in [0.25, 0.3) is 5.69 Å². The molecule has 0 unspecified atom stereocenters. The summed E-state index contributed by atoms with van der Waals surface area (Å²) in [5.74, 6) is -0.410. The highest BCUT2D eigenvalue weighted by molar-refractivity contribution is 5.76. The maximum absolute atomic E-state index is 13.5. The molecular weight excluding hydrogens is 381 g/mol. The van der Waals surface area contributed by atoms with Crippen LogP contribution in [0.2, 0.25) is 0 Å². The van der Waals surface area contributed by atoms with Gasteiger partial charge in [-0.1, -0.05) is 84.9 Å². The zero-order chi connectivity index (χ0) is 21.1. The Hall–Kier alpha value is -3.83. The number of hydrogen-bond acceptors (Lipinski definition) is 3. The molecule has 0 atom stereocenters. The van der Waals surface area contributed by atoms with Crippen LogP contribution in [0.5, 0.6) is 0 Å². The van der Waals surface area contributed by atoms with Gasteiger partial charge in [0.05, 0.1) is 10.5 Å². The number of aliphatic hydroxyl groups is 1. The highest BCUT2D eigenvalue weighted by Gasteiger charge is 2.41. The van der Waals surface area contributed by atoms with Gasteiger partial charge in [-0.15, -0.1) is 0 Å². The highest BCUT2D eigenvalue weighted by atomic mass is 19.1. The van der Waals surface area contributed by atoms with Gasteiger partial charge in [-0.3, -0.25) is 10.1 Å². The van der Waals surface area contributed by atoms with Gasteiger partial charge in [-0.2, -0.15) is 0 Å². The van der Waals surface area contributed by atoms with Crippen molar-refractivity contribution in [2.45, 2.75) is 5.60 Å². The first-order valence-corrected chi connectivity index (χ1v) is 9.39. The number of rotatable bonds is 5. The lowest BCUT2D eigenvalue weighted by atomic mass is 9.76. The highest BCUT2D eigenvalue weighted by Crippen LogP contribution is 2.45. The number of nitro groups is 1. The lowest BCUT2D eigenvalue weighted by Crippen LogP contribution is -2.30. The molecule has 30 heavy (non-hydrogen) atoms. The summed E-state index contributed by atoms with van der Waals surface area (Å²) >= 11 is 0. The predicted octanol–water partition coefficient (Wildman–Crippen LogP) is 5.69. The van der Waals surface area contributed by atoms with E-state index in [4.69, 9.17) is 0 Å². The maximum Gasteiger partial charge on any atom is 0.276 e. The monoisotopic (exact) mass is 399 g/mol. The summed E-state index contributed by atoms with van der Waals surface area (Å²) in [5.41, 5.74) is 0.143. The molecule has 148 valence electrons. The Morgan fingerprint density at radius 1 is 0.733 bits per heavy atom. The molecule has 0 fully saturated rings. The Labute approximate surface area is 173 Å². The van der Waals surface area contributed by atoms with Gasteiger partial charge in [0.15, 0.2) is 0 Å². The Morgan fingerprint density at radius 2 is 1.27 bits per heavy atom. The van der Waals surface area contributed by atoms with Crippen LogP contribution in [0.4, 0.5) is 10.1 Å². The molecule has 4 aromatic carbocycles. The molecule has 4 nitrogen and oxygen atoms in total. The van der Waals surface area contributed by atoms with Crippen LogP contribution in [-0.4, -0.2) is 10.0 Å². The Kier molecular flexibility index (Phi) is 5.12. The molecular formula is C25H18FNO3. The van der Waals surface area contributed by atoms with Crippen molar-refractivity contribution in [2.24, 2.45) is 0 Å². The average molecular weight is 399 g/mol. The van der Waals surface area contributed by atoms with Crippen LogP contribution in [0.1, 0.15) is 16.7 Å². The predicted molar refractivity (Wildman–Crippen MR) is 113 cm³/mol. The van der Waals surface area contributed by atoms with Crippen LogP contribution in [0.3, 0.4) is 0 Å². The molecule has 0 saturated carbocycles. The summed E-state index contributed by atoms with van der Waals surface area (Å²) in [6, 6.07) is 28.0. The van der Waals surface area contributed by atoms with E-state index in [9.17, 15) is 19.6 Å². The first kappa shape index (κ1) is 19.5. The van der Waals surface area contributed by atoms with Crippen molar-refractivity contribution in [3.8, 4) is 11.1 Å². The molecule has 4 rings (SSSR count). The average Bonchev–Trinajstić information content (AvgIpc) is 2.79. The van der Waals surface area contributed by atoms with Crippen molar-refractivity contribution in [2.75, 3.05) is 0 Å². The van der Waals surface area contributed by atoms with Crippen LogP contribution < -0.4 is 0 Å². The molecule has 0 aliphatic heterocycles. The lowest BCUT2D eigenvalue weighted by molar-refractivity contribution is -0.386. The smallest absolute Gasteiger partial charge is 0.276 e. The standard InChI is InChI=1S/C25H18FNO3/c26-21-16-14-18(15-17-21)22-12-7-13-23(27(29)30)24(22)25(28,19-8-3-1-4-9-19)20-10-5-2-6-11-20/h1-17,28H. The van der Waals surface area contributed by atoms with Gasteiger partial charge < -0.3 is 5.11 Å². The zero-order valence-corrected chi connectivity index (χ0v) is 15.9. The van der Waals surface area contributed by atoms with Gasteiger partial charge in [0, 0.05) is 6.07 Å². The van der Waals surface area contributed by atoms with Crippen molar-refractivity contribution >= 4 is 5.69 Å². The van der Waals surface area contributed by atoms with E-state index in [1.165, 1.54) is 18.2 Å². The molecule has 0 aromatic heterocycles. The van der Waals surface area contributed by atoms with E-state index in [1.54, 1.807) is 72.8 Å². The summed E-state index contributed by atoms with van der Waals surface area (Å²) in [6.45, 7) is 0. The maximum atomic E-state index is 13.5. The normalized spacial score (nSPS) is 11.3. The van der Waals surface area contributed by atoms with E-state index < -0.39 is 16.3 Å². The van der Waals surface area contributed by atoms with E-state index >= 15 is 0 Å². The summed E-state index contributed by atoms with van der Waals surface area (Å²) in [4.78, 5) is 11.5. The fourth-order valence-corrected chi connectivity index (χ4v) is 3.76. The third-order valence-corrected chi connectivity index (χ3v) is 5.14. The third kappa shape index (κ3) is 3.36. The number of nitrogens with zero attached hydrogens (tertiary/aromatic N) is 1. The molecule has 0 bridgehead atoms. The minimum absolute atomic E-state index is 0.138. The fraction of sp³-hybridized carbons (Fsp3) is 0.0400. The van der Waals surface area contributed by atoms with Gasteiger partial charge in [-0.25, -0.2) is 4.39 Å². The van der Waals surface area contributed by atoms with Crippen LogP contribution in [0, 0.1) is 15.9 Å². The van der Waals surface area contributed by atoms with Crippen molar-refractivity contribution in [1.29, 1.82) is 0 Å². The Morgan fingerprint density at radius 3 is 1.77 bits per heavy atom. The van der Waals surface area contributed by atoms with E-state index in [0.717, 1.165) is 0 Å². The second kappa shape index (κ2) is 7.89. The quantitative estimate of drug-likeness (QED) is 0.267. The number of halogens is 1. The van der Waals surface area contributed by atoms with Crippen LogP contribution in [-0.2, 0) is 5.60 Å². The number of nitro benzene ring substituents is 1. The number of hydrogen-bond donors (Lipinski definition) is 1. The van der Waals surface area contributed by atoms with E-state index in [0.29, 0.717) is 22.3 Å². The molecule has 0 amide bonds. The minimum Gasteiger partial charge on any atom is -0.376 e. The Bertz CT molecular complexity index is 1140. The van der Waals surface area contributed by atoms with Crippen LogP contribution in [0.25, 0.3) is 11.1 Å². The summed E-state index contributed by atoms with van der Waals surface area (Å²) in [5, 5.41) is 24.2. The van der Waals surface area contributed by atoms with Crippen molar-refractivity contribution in [1.82, 2.24) is 0 Å². The van der Waals surface area contributed by atoms with Gasteiger partial charge in [0.1, 0.15) is 11.4 Å². The Balaban J connectivity index is 2.11. The van der Waals surface area contributed by atoms with Crippen molar-refractivity contribution < 1.29 is 14.4 Å². The minimum atomic E-state index is -1.80. The molecule has 0 aliphatic carbocycles. The molecule has 0 heterocycles. The largest absolute Gasteiger partial charge is 0.376 e. The fourth-order valence-electron chi connectivity index (χ4n) is 3.76. The summed E-state index contributed by atoms with van der Waals surface area (Å²) < 4.78 is 13.5. The van der Waals surface area contributed by atoms with E-state index in [2.05, 4.69) is 0 Å². The third-order valence-electron chi connectivity index (χ3n) is 5.14. The zero-order valence-electron chi connectivity index (χ0n) is 15.9. The van der Waals surface area contributed by atoms with Crippen LogP contribution in [0.15, 0.2) is 103 Å². The molecule has 0 radical (unpaired) electrons. The second-order valence-corrected chi connectivity index (χ2v) is 6.91. The lowest BCUT2D eigenvalue weighted by Gasteiger charge is -2.31. The summed E-state index contributed by atoms with van der Waals surface area (Å²) in [6.07, 6.45) is 0. The first-order chi connectivity index (χ1) is 14.5. The van der Waals surface area contributed by atoms with Crippen molar-refractivity contribution in [3.05, 3.63) is 136 Å². The molecule has 4 aromatic rings. The SMILES string of the molecule is O=[N+]([O-])c1cccc(-c2ccc(F)cc2)c1C(O)(c1ccccc1)c1ccccc1. The van der Waals surface area contributed by atoms with Gasteiger partial charge in [-0.05, 0) is 34.4 Å². The molecule has 0 saturated heterocycles. The van der Waals surface area contributed by atoms with Crippen LogP contribution >= 0.6 is 0 Å². The molecule has 0 aliphatic rings. The van der Waals surface area contributed by atoms with Gasteiger partial charge >= 0.3 is 0 Å². The molecule has 0 spiro atoms. The first-order valence-electron chi connectivity index (χ1n) is 9.39. The number of benzene rings is 4. The van der Waals surface area contributed by atoms with Gasteiger partial charge in [0.2, 0.25) is 0 Å². The van der Waals surface area contributed by atoms with E-state index in [1.807, 2.05) is 12.1 Å². The van der Waals surface area contributed by atoms with E-state index in [-0.39, 0.29) is 11.3 Å². The van der Waals surface area contributed by atoms with Crippen molar-refractivity contribution in [3.63, 3.8) is 0 Å². The molecule has 1 N–H and O–H groups in total. The molecule has 5 heteroatoms.